The fourth-order valence-electron chi connectivity index (χ4n) is 4.11. The van der Waals surface area contributed by atoms with Crippen molar-refractivity contribution in [2.24, 2.45) is 10.7 Å². The Morgan fingerprint density at radius 2 is 1.53 bits per heavy atom. The number of aliphatic carboxylic acids is 1. The van der Waals surface area contributed by atoms with Gasteiger partial charge in [0.15, 0.2) is 0 Å². The van der Waals surface area contributed by atoms with Gasteiger partial charge in [-0.05, 0) is 32.1 Å². The number of unbranched alkanes of at least 4 members (excludes halogenated alkanes) is 12. The predicted octanol–water partition coefficient (Wildman–Crippen LogP) is 5.17. The van der Waals surface area contributed by atoms with Crippen molar-refractivity contribution < 1.29 is 14.4 Å². The minimum Gasteiger partial charge on any atom is -0.544 e. The van der Waals surface area contributed by atoms with Crippen molar-refractivity contribution in [1.82, 2.24) is 0 Å². The van der Waals surface area contributed by atoms with Gasteiger partial charge in [0.2, 0.25) is 5.84 Å². The highest BCUT2D eigenvalue weighted by Crippen LogP contribution is 2.23. The van der Waals surface area contributed by atoms with E-state index in [1.54, 1.807) is 12.4 Å². The fraction of sp³-hybridized carbons (Fsp3) is 0.760. The third-order valence-corrected chi connectivity index (χ3v) is 6.07. The number of nitrogens with two attached hydrogens (primary N) is 1. The van der Waals surface area contributed by atoms with Crippen LogP contribution in [0.2, 0.25) is 0 Å². The summed E-state index contributed by atoms with van der Waals surface area (Å²) in [5, 5.41) is 11.2. The summed E-state index contributed by atoms with van der Waals surface area (Å²) in [7, 11) is 0. The second kappa shape index (κ2) is 16.3. The van der Waals surface area contributed by atoms with E-state index in [0.717, 1.165) is 25.1 Å². The minimum atomic E-state index is -1.09. The monoisotopic (exact) mass is 419 g/mol. The zero-order chi connectivity index (χ0) is 22.1. The molecule has 30 heavy (non-hydrogen) atoms. The van der Waals surface area contributed by atoms with Gasteiger partial charge in [0.25, 0.3) is 0 Å². The number of carboxylic acids is 1. The van der Waals surface area contributed by atoms with Crippen molar-refractivity contribution in [3.63, 3.8) is 0 Å². The van der Waals surface area contributed by atoms with Crippen molar-refractivity contribution in [2.75, 3.05) is 6.54 Å². The number of rotatable bonds is 19. The molecule has 0 radical (unpaired) electrons. The number of allylic oxidation sites excluding steroid dienone is 2. The van der Waals surface area contributed by atoms with Gasteiger partial charge in [-0.15, -0.1) is 0 Å². The van der Waals surface area contributed by atoms with Crippen molar-refractivity contribution in [1.29, 1.82) is 0 Å². The highest BCUT2D eigenvalue weighted by Gasteiger charge is 2.38. The molecule has 0 bridgehead atoms. The Kier molecular flexibility index (Phi) is 14.4. The molecule has 0 fully saturated rings. The molecule has 0 saturated heterocycles. The highest BCUT2D eigenvalue weighted by atomic mass is 16.4. The van der Waals surface area contributed by atoms with Crippen LogP contribution in [0.15, 0.2) is 29.5 Å². The zero-order valence-electron chi connectivity index (χ0n) is 19.5. The van der Waals surface area contributed by atoms with Crippen LogP contribution in [0.5, 0.6) is 0 Å². The van der Waals surface area contributed by atoms with E-state index in [-0.39, 0.29) is 17.2 Å². The number of amidine groups is 1. The lowest BCUT2D eigenvalue weighted by molar-refractivity contribution is -0.808. The molecule has 0 aromatic heterocycles. The number of carbonyl (C=O) groups excluding carboxylic acids is 1. The molecule has 0 spiro atoms. The molecule has 172 valence electrons. The van der Waals surface area contributed by atoms with Gasteiger partial charge in [-0.1, -0.05) is 76.9 Å². The second-order valence-electron chi connectivity index (χ2n) is 8.73. The average molecular weight is 420 g/mol. The Morgan fingerprint density at radius 3 is 2.07 bits per heavy atom. The van der Waals surface area contributed by atoms with E-state index >= 15 is 0 Å². The second-order valence-corrected chi connectivity index (χ2v) is 8.73. The molecule has 5 heteroatoms. The van der Waals surface area contributed by atoms with Crippen LogP contribution in [-0.2, 0) is 4.79 Å². The molecule has 1 aliphatic heterocycles. The van der Waals surface area contributed by atoms with Crippen LogP contribution in [0.4, 0.5) is 0 Å². The topological polar surface area (TPSA) is 78.5 Å². The van der Waals surface area contributed by atoms with Crippen LogP contribution in [0.25, 0.3) is 0 Å². The van der Waals surface area contributed by atoms with Crippen molar-refractivity contribution >= 4 is 11.8 Å². The zero-order valence-corrected chi connectivity index (χ0v) is 19.5. The van der Waals surface area contributed by atoms with Gasteiger partial charge in [-0.25, -0.2) is 9.48 Å². The molecule has 2 atom stereocenters. The van der Waals surface area contributed by atoms with Crippen molar-refractivity contribution in [2.45, 2.75) is 116 Å². The Morgan fingerprint density at radius 1 is 1.00 bits per heavy atom. The predicted molar refractivity (Wildman–Crippen MR) is 124 cm³/mol. The summed E-state index contributed by atoms with van der Waals surface area (Å²) in [5.74, 6) is -0.233. The van der Waals surface area contributed by atoms with Crippen molar-refractivity contribution in [3.05, 3.63) is 24.6 Å². The Bertz CT molecular complexity index is 555. The SMILES string of the molecule is CCCCC/C=C/CCCCCCCCCCCC1=NC=C[N+]1(CC(=O)[O-])C(C)N. The number of quaternary nitrogens is 1. The molecule has 1 aliphatic rings. The third kappa shape index (κ3) is 10.5. The van der Waals surface area contributed by atoms with Gasteiger partial charge in [0.1, 0.15) is 18.9 Å². The summed E-state index contributed by atoms with van der Waals surface area (Å²) in [6.07, 6.45) is 26.5. The summed E-state index contributed by atoms with van der Waals surface area (Å²) in [6.45, 7) is 3.95. The van der Waals surface area contributed by atoms with E-state index in [0.29, 0.717) is 0 Å². The molecule has 5 nitrogen and oxygen atoms in total. The lowest BCUT2D eigenvalue weighted by atomic mass is 10.0. The molecule has 0 amide bonds. The number of aliphatic imine (C=N–C) groups is 1. The Balaban J connectivity index is 2.00. The molecule has 2 N–H and O–H groups in total. The summed E-state index contributed by atoms with van der Waals surface area (Å²) < 4.78 is 0.107. The van der Waals surface area contributed by atoms with E-state index in [4.69, 9.17) is 5.73 Å². The summed E-state index contributed by atoms with van der Waals surface area (Å²) >= 11 is 0. The van der Waals surface area contributed by atoms with Crippen LogP contribution in [0.3, 0.4) is 0 Å². The standard InChI is InChI=1S/C25H45N3O2/c1-3-4-5-6-7-8-9-10-11-12-13-14-15-16-17-18-19-24-27-20-21-28(24,23(2)26)22-25(29)30/h7-8,20-21,23H,3-6,9-19,22,26H2,1-2H3/b8-7+. The number of carboxylic acid groups (broad SMARTS) is 1. The van der Waals surface area contributed by atoms with E-state index in [1.165, 1.54) is 77.0 Å². The normalized spacial score (nSPS) is 19.5. The third-order valence-electron chi connectivity index (χ3n) is 6.07. The lowest BCUT2D eigenvalue weighted by Gasteiger charge is -2.36. The summed E-state index contributed by atoms with van der Waals surface area (Å²) in [6, 6.07) is 0. The molecule has 0 aromatic rings. The summed E-state index contributed by atoms with van der Waals surface area (Å²) in [4.78, 5) is 15.6. The van der Waals surface area contributed by atoms with Gasteiger partial charge in [-0.2, -0.15) is 0 Å². The highest BCUT2D eigenvalue weighted by molar-refractivity contribution is 5.81. The number of hydrogen-bond acceptors (Lipinski definition) is 4. The molecule has 0 aliphatic carbocycles. The largest absolute Gasteiger partial charge is 0.544 e. The van der Waals surface area contributed by atoms with E-state index in [1.807, 2.05) is 6.92 Å². The first-order valence-corrected chi connectivity index (χ1v) is 12.3. The smallest absolute Gasteiger partial charge is 0.209 e. The van der Waals surface area contributed by atoms with Crippen molar-refractivity contribution in [3.8, 4) is 0 Å². The van der Waals surface area contributed by atoms with E-state index in [9.17, 15) is 9.90 Å². The maximum atomic E-state index is 11.2. The van der Waals surface area contributed by atoms with Crippen LogP contribution < -0.4 is 10.8 Å². The minimum absolute atomic E-state index is 0.107. The number of carbonyl (C=O) groups is 1. The maximum absolute atomic E-state index is 11.2. The van der Waals surface area contributed by atoms with Crippen LogP contribution in [0, 0.1) is 0 Å². The van der Waals surface area contributed by atoms with E-state index < -0.39 is 5.97 Å². The van der Waals surface area contributed by atoms with Crippen LogP contribution in [0.1, 0.15) is 110 Å². The van der Waals surface area contributed by atoms with Gasteiger partial charge in [0, 0.05) is 13.3 Å². The molecule has 1 heterocycles. The Hall–Kier alpha value is -1.46. The fourth-order valence-corrected chi connectivity index (χ4v) is 4.11. The maximum Gasteiger partial charge on any atom is 0.209 e. The first kappa shape index (κ1) is 26.6. The molecular formula is C25H45N3O2. The lowest BCUT2D eigenvalue weighted by Crippen LogP contribution is -2.60. The molecule has 0 aromatic carbocycles. The van der Waals surface area contributed by atoms with Gasteiger partial charge < -0.3 is 9.90 Å². The quantitative estimate of drug-likeness (QED) is 0.178. The summed E-state index contributed by atoms with van der Waals surface area (Å²) in [5.41, 5.74) is 6.08. The molecule has 1 rings (SSSR count). The Labute approximate surface area is 184 Å². The van der Waals surface area contributed by atoms with Gasteiger partial charge in [0.05, 0.1) is 12.2 Å². The molecule has 0 saturated carbocycles. The number of hydrogen-bond donors (Lipinski definition) is 1. The van der Waals surface area contributed by atoms with Crippen LogP contribution >= 0.6 is 0 Å². The molecule has 2 unspecified atom stereocenters. The number of nitrogens with zero attached hydrogens (tertiary/aromatic N) is 2. The first-order chi connectivity index (χ1) is 14.5. The van der Waals surface area contributed by atoms with E-state index in [2.05, 4.69) is 24.1 Å². The van der Waals surface area contributed by atoms with Gasteiger partial charge >= 0.3 is 0 Å². The van der Waals surface area contributed by atoms with Crippen LogP contribution in [-0.4, -0.2) is 29.0 Å². The van der Waals surface area contributed by atoms with Gasteiger partial charge in [-0.3, -0.25) is 5.73 Å². The average Bonchev–Trinajstić information content (AvgIpc) is 3.10. The molecular weight excluding hydrogens is 374 g/mol. The first-order valence-electron chi connectivity index (χ1n) is 12.3.